The van der Waals surface area contributed by atoms with Crippen LogP contribution in [0.15, 0.2) is 48.7 Å². The third-order valence-electron chi connectivity index (χ3n) is 4.00. The smallest absolute Gasteiger partial charge is 0.274 e. The number of halogens is 2. The van der Waals surface area contributed by atoms with Crippen LogP contribution in [0.2, 0.25) is 0 Å². The number of rotatable bonds is 3. The third kappa shape index (κ3) is 2.95. The highest BCUT2D eigenvalue weighted by Gasteiger charge is 2.21. The van der Waals surface area contributed by atoms with Crippen LogP contribution in [0.5, 0.6) is 0 Å². The number of hydrogen-bond acceptors (Lipinski definition) is 3. The maximum absolute atomic E-state index is 13.4. The number of benzene rings is 2. The molecule has 24 heavy (non-hydrogen) atoms. The molecule has 6 heteroatoms. The molecule has 0 aliphatic carbocycles. The molecule has 1 amide bonds. The summed E-state index contributed by atoms with van der Waals surface area (Å²) in [5, 5.41) is 0. The highest BCUT2D eigenvalue weighted by molar-refractivity contribution is 5.93. The van der Waals surface area contributed by atoms with Gasteiger partial charge in [0.2, 0.25) is 0 Å². The van der Waals surface area contributed by atoms with Crippen molar-refractivity contribution in [2.24, 2.45) is 0 Å². The van der Waals surface area contributed by atoms with Crippen LogP contribution in [-0.2, 0) is 0 Å². The summed E-state index contributed by atoms with van der Waals surface area (Å²) in [5.41, 5.74) is 2.02. The Labute approximate surface area is 137 Å². The van der Waals surface area contributed by atoms with E-state index in [4.69, 9.17) is 0 Å². The Morgan fingerprint density at radius 1 is 1.08 bits per heavy atom. The van der Waals surface area contributed by atoms with Crippen molar-refractivity contribution in [3.8, 4) is 0 Å². The average molecular weight is 327 g/mol. The van der Waals surface area contributed by atoms with Gasteiger partial charge in [-0.2, -0.15) is 0 Å². The minimum atomic E-state index is -0.939. The van der Waals surface area contributed by atoms with Gasteiger partial charge in [0.25, 0.3) is 5.91 Å². The van der Waals surface area contributed by atoms with Crippen LogP contribution < -0.4 is 0 Å². The van der Waals surface area contributed by atoms with E-state index in [1.165, 1.54) is 17.2 Å². The standard InChI is InChI=1S/C18H15F2N3O/c1-11(12-7-8-13(19)14(20)9-12)23(2)18(24)17-10-21-15-5-3-4-6-16(15)22-17/h3-11H,1-2H3. The Morgan fingerprint density at radius 3 is 2.50 bits per heavy atom. The van der Waals surface area contributed by atoms with Crippen molar-refractivity contribution in [3.05, 3.63) is 71.6 Å². The number of fused-ring (bicyclic) bond motifs is 1. The van der Waals surface area contributed by atoms with E-state index in [0.717, 1.165) is 12.1 Å². The Morgan fingerprint density at radius 2 is 1.79 bits per heavy atom. The van der Waals surface area contributed by atoms with E-state index in [2.05, 4.69) is 9.97 Å². The van der Waals surface area contributed by atoms with Gasteiger partial charge in [0.15, 0.2) is 11.6 Å². The van der Waals surface area contributed by atoms with Gasteiger partial charge >= 0.3 is 0 Å². The molecule has 0 spiro atoms. The second-order valence-corrected chi connectivity index (χ2v) is 5.51. The number of hydrogen-bond donors (Lipinski definition) is 0. The van der Waals surface area contributed by atoms with E-state index >= 15 is 0 Å². The first-order valence-electron chi connectivity index (χ1n) is 7.41. The first kappa shape index (κ1) is 16.0. The summed E-state index contributed by atoms with van der Waals surface area (Å²) < 4.78 is 26.5. The van der Waals surface area contributed by atoms with Gasteiger partial charge in [-0.05, 0) is 36.8 Å². The lowest BCUT2D eigenvalue weighted by atomic mass is 10.1. The van der Waals surface area contributed by atoms with Crippen LogP contribution >= 0.6 is 0 Å². The monoisotopic (exact) mass is 327 g/mol. The lowest BCUT2D eigenvalue weighted by Gasteiger charge is -2.25. The second-order valence-electron chi connectivity index (χ2n) is 5.51. The van der Waals surface area contributed by atoms with E-state index in [1.807, 2.05) is 18.2 Å². The molecule has 3 rings (SSSR count). The quantitative estimate of drug-likeness (QED) is 0.736. The summed E-state index contributed by atoms with van der Waals surface area (Å²) in [6.07, 6.45) is 1.42. The van der Waals surface area contributed by atoms with Gasteiger partial charge < -0.3 is 4.90 Å². The van der Waals surface area contributed by atoms with Gasteiger partial charge in [-0.15, -0.1) is 0 Å². The summed E-state index contributed by atoms with van der Waals surface area (Å²) in [4.78, 5) is 22.6. The van der Waals surface area contributed by atoms with Crippen LogP contribution in [0, 0.1) is 11.6 Å². The Kier molecular flexibility index (Phi) is 4.20. The van der Waals surface area contributed by atoms with Crippen molar-refractivity contribution in [1.29, 1.82) is 0 Å². The van der Waals surface area contributed by atoms with Crippen LogP contribution in [0.3, 0.4) is 0 Å². The molecule has 0 N–H and O–H groups in total. The van der Waals surface area contributed by atoms with Crippen LogP contribution in [0.25, 0.3) is 11.0 Å². The molecule has 1 aromatic heterocycles. The van der Waals surface area contributed by atoms with Crippen molar-refractivity contribution >= 4 is 16.9 Å². The maximum atomic E-state index is 13.4. The van der Waals surface area contributed by atoms with Crippen LogP contribution in [-0.4, -0.2) is 27.8 Å². The zero-order valence-corrected chi connectivity index (χ0v) is 13.2. The first-order valence-corrected chi connectivity index (χ1v) is 7.41. The van der Waals surface area contributed by atoms with Crippen LogP contribution in [0.4, 0.5) is 8.78 Å². The number of carbonyl (C=O) groups excluding carboxylic acids is 1. The van der Waals surface area contributed by atoms with E-state index in [9.17, 15) is 13.6 Å². The summed E-state index contributed by atoms with van der Waals surface area (Å²) in [7, 11) is 1.59. The Hall–Kier alpha value is -2.89. The molecule has 2 aromatic carbocycles. The molecule has 1 heterocycles. The Balaban J connectivity index is 1.88. The summed E-state index contributed by atoms with van der Waals surface area (Å²) in [6.45, 7) is 1.74. The SMILES string of the molecule is CC(c1ccc(F)c(F)c1)N(C)C(=O)c1cnc2ccccc2n1. The molecule has 0 aliphatic heterocycles. The topological polar surface area (TPSA) is 46.1 Å². The van der Waals surface area contributed by atoms with Crippen molar-refractivity contribution in [2.75, 3.05) is 7.05 Å². The molecule has 0 fully saturated rings. The van der Waals surface area contributed by atoms with Gasteiger partial charge in [0, 0.05) is 7.05 Å². The summed E-state index contributed by atoms with van der Waals surface area (Å²) in [6, 6.07) is 10.4. The van der Waals surface area contributed by atoms with Crippen molar-refractivity contribution in [3.63, 3.8) is 0 Å². The van der Waals surface area contributed by atoms with E-state index in [1.54, 1.807) is 20.0 Å². The van der Waals surface area contributed by atoms with E-state index < -0.39 is 17.7 Å². The maximum Gasteiger partial charge on any atom is 0.274 e. The second kappa shape index (κ2) is 6.31. The lowest BCUT2D eigenvalue weighted by Crippen LogP contribution is -2.30. The normalized spacial score (nSPS) is 12.2. The largest absolute Gasteiger partial charge is 0.334 e. The summed E-state index contributed by atoms with van der Waals surface area (Å²) >= 11 is 0. The molecule has 0 saturated carbocycles. The number of carbonyl (C=O) groups is 1. The molecule has 3 aromatic rings. The van der Waals surface area contributed by atoms with Gasteiger partial charge in [0.1, 0.15) is 5.69 Å². The average Bonchev–Trinajstić information content (AvgIpc) is 2.61. The fourth-order valence-corrected chi connectivity index (χ4v) is 2.41. The highest BCUT2D eigenvalue weighted by Crippen LogP contribution is 2.22. The molecule has 122 valence electrons. The van der Waals surface area contributed by atoms with Crippen LogP contribution in [0.1, 0.15) is 29.0 Å². The molecule has 0 radical (unpaired) electrons. The minimum Gasteiger partial charge on any atom is -0.334 e. The predicted molar refractivity (Wildman–Crippen MR) is 86.4 cm³/mol. The molecule has 1 atom stereocenters. The molecule has 0 aliphatic rings. The van der Waals surface area contributed by atoms with Crippen molar-refractivity contribution < 1.29 is 13.6 Å². The zero-order valence-electron chi connectivity index (χ0n) is 13.2. The molecule has 4 nitrogen and oxygen atoms in total. The van der Waals surface area contributed by atoms with Crippen molar-refractivity contribution in [2.45, 2.75) is 13.0 Å². The van der Waals surface area contributed by atoms with Gasteiger partial charge in [-0.1, -0.05) is 18.2 Å². The van der Waals surface area contributed by atoms with Crippen molar-refractivity contribution in [1.82, 2.24) is 14.9 Å². The zero-order chi connectivity index (χ0) is 17.3. The molecule has 0 saturated heterocycles. The Bertz CT molecular complexity index is 914. The molecule has 0 bridgehead atoms. The fraction of sp³-hybridized carbons (Fsp3) is 0.167. The lowest BCUT2D eigenvalue weighted by molar-refractivity contribution is 0.0736. The van der Waals surface area contributed by atoms with Gasteiger partial charge in [0.05, 0.1) is 23.3 Å². The number of nitrogens with zero attached hydrogens (tertiary/aromatic N) is 3. The molecular weight excluding hydrogens is 312 g/mol. The third-order valence-corrected chi connectivity index (χ3v) is 4.00. The first-order chi connectivity index (χ1) is 11.5. The molecule has 1 unspecified atom stereocenters. The van der Waals surface area contributed by atoms with E-state index in [-0.39, 0.29) is 11.6 Å². The highest BCUT2D eigenvalue weighted by atomic mass is 19.2. The fourth-order valence-electron chi connectivity index (χ4n) is 2.41. The molecular formula is C18H15F2N3O. The number of para-hydroxylation sites is 2. The number of amides is 1. The predicted octanol–water partition coefficient (Wildman–Crippen LogP) is 3.74. The minimum absolute atomic E-state index is 0.200. The van der Waals surface area contributed by atoms with Gasteiger partial charge in [-0.25, -0.2) is 13.8 Å². The summed E-state index contributed by atoms with van der Waals surface area (Å²) in [5.74, 6) is -2.20. The number of aromatic nitrogens is 2. The van der Waals surface area contributed by atoms with E-state index in [0.29, 0.717) is 16.6 Å². The van der Waals surface area contributed by atoms with Gasteiger partial charge in [-0.3, -0.25) is 9.78 Å².